The van der Waals surface area contributed by atoms with Crippen molar-refractivity contribution in [2.75, 3.05) is 45.3 Å². The van der Waals surface area contributed by atoms with Crippen LogP contribution in [0.1, 0.15) is 30.9 Å². The van der Waals surface area contributed by atoms with Gasteiger partial charge in [0.05, 0.1) is 10.5 Å². The van der Waals surface area contributed by atoms with Gasteiger partial charge in [-0.2, -0.15) is 0 Å². The molecule has 10 heteroatoms. The maximum absolute atomic E-state index is 13.3. The van der Waals surface area contributed by atoms with Crippen LogP contribution in [-0.4, -0.2) is 64.5 Å². The first kappa shape index (κ1) is 24.4. The highest BCUT2D eigenvalue weighted by Gasteiger charge is 2.32. The number of hydrogen-bond acceptors (Lipinski definition) is 8. The molecular weight excluding hydrogens is 448 g/mol. The van der Waals surface area contributed by atoms with Gasteiger partial charge in [0.2, 0.25) is 0 Å². The average Bonchev–Trinajstić information content (AvgIpc) is 3.04. The van der Waals surface area contributed by atoms with Crippen LogP contribution in [0, 0.1) is 6.92 Å². The zero-order valence-corrected chi connectivity index (χ0v) is 20.2. The molecule has 0 aromatic carbocycles. The second kappa shape index (κ2) is 11.6. The summed E-state index contributed by atoms with van der Waals surface area (Å²) < 4.78 is 12.4. The number of pyridine rings is 1. The summed E-state index contributed by atoms with van der Waals surface area (Å²) in [5.74, 6) is 0.248. The van der Waals surface area contributed by atoms with Gasteiger partial charge in [-0.15, -0.1) is 0 Å². The Labute approximate surface area is 197 Å². The molecule has 8 nitrogen and oxygen atoms in total. The number of amides is 1. The van der Waals surface area contributed by atoms with E-state index in [4.69, 9.17) is 26.7 Å². The number of aromatic nitrogens is 2. The molecule has 0 spiro atoms. The first-order valence-corrected chi connectivity index (χ1v) is 11.8. The summed E-state index contributed by atoms with van der Waals surface area (Å²) in [6.45, 7) is 6.74. The van der Waals surface area contributed by atoms with E-state index in [0.717, 1.165) is 12.0 Å². The van der Waals surface area contributed by atoms with Crippen molar-refractivity contribution >= 4 is 51.7 Å². The Kier molecular flexibility index (Phi) is 8.80. The van der Waals surface area contributed by atoms with E-state index in [9.17, 15) is 9.59 Å². The lowest BCUT2D eigenvalue weighted by molar-refractivity contribution is -0.122. The van der Waals surface area contributed by atoms with Crippen molar-refractivity contribution in [1.82, 2.24) is 14.3 Å². The maximum Gasteiger partial charge on any atom is 0.267 e. The van der Waals surface area contributed by atoms with Crippen LogP contribution in [0.4, 0.5) is 5.82 Å². The summed E-state index contributed by atoms with van der Waals surface area (Å²) in [4.78, 5) is 32.9. The van der Waals surface area contributed by atoms with Crippen molar-refractivity contribution in [2.24, 2.45) is 0 Å². The topological polar surface area (TPSA) is 85.2 Å². The SMILES string of the molecule is CCOCCCNc1nc2c(C)cccn2c(=O)c1/C=C1/SC(=S)N(CCCOC)C1=O. The van der Waals surface area contributed by atoms with Crippen molar-refractivity contribution < 1.29 is 14.3 Å². The molecule has 172 valence electrons. The van der Waals surface area contributed by atoms with Crippen molar-refractivity contribution in [3.8, 4) is 0 Å². The number of nitrogens with zero attached hydrogens (tertiary/aromatic N) is 3. The number of thiocarbonyl (C=S) groups is 1. The van der Waals surface area contributed by atoms with Crippen LogP contribution in [0.5, 0.6) is 0 Å². The summed E-state index contributed by atoms with van der Waals surface area (Å²) in [5.41, 5.74) is 1.56. The van der Waals surface area contributed by atoms with Crippen molar-refractivity contribution in [3.05, 3.63) is 44.7 Å². The number of hydrogen-bond donors (Lipinski definition) is 1. The number of aryl methyl sites for hydroxylation is 1. The molecule has 32 heavy (non-hydrogen) atoms. The molecule has 2 aromatic rings. The van der Waals surface area contributed by atoms with E-state index >= 15 is 0 Å². The average molecular weight is 477 g/mol. The standard InChI is InChI=1S/C22H28N4O4S2/c1-4-30-13-6-9-23-18-16(20(27)25-10-5-8-15(2)19(25)24-18)14-17-21(28)26(22(31)32-17)11-7-12-29-3/h5,8,10,14,23H,4,6-7,9,11-13H2,1-3H3/b17-14+. The number of anilines is 1. The zero-order valence-electron chi connectivity index (χ0n) is 18.6. The predicted molar refractivity (Wildman–Crippen MR) is 132 cm³/mol. The summed E-state index contributed by atoms with van der Waals surface area (Å²) in [7, 11) is 1.62. The van der Waals surface area contributed by atoms with Gasteiger partial charge < -0.3 is 14.8 Å². The third-order valence-electron chi connectivity index (χ3n) is 4.93. The molecule has 0 atom stereocenters. The van der Waals surface area contributed by atoms with Gasteiger partial charge in [-0.25, -0.2) is 4.98 Å². The molecule has 0 saturated carbocycles. The summed E-state index contributed by atoms with van der Waals surface area (Å²) >= 11 is 6.59. The van der Waals surface area contributed by atoms with E-state index in [0.29, 0.717) is 65.6 Å². The van der Waals surface area contributed by atoms with E-state index in [1.807, 2.05) is 19.9 Å². The van der Waals surface area contributed by atoms with Crippen molar-refractivity contribution in [3.63, 3.8) is 0 Å². The molecule has 0 unspecified atom stereocenters. The number of nitrogens with one attached hydrogen (secondary N) is 1. The molecular formula is C22H28N4O4S2. The molecule has 1 aliphatic heterocycles. The summed E-state index contributed by atoms with van der Waals surface area (Å²) in [6, 6.07) is 3.71. The lowest BCUT2D eigenvalue weighted by Crippen LogP contribution is -2.29. The Morgan fingerprint density at radius 3 is 2.84 bits per heavy atom. The van der Waals surface area contributed by atoms with Gasteiger partial charge in [-0.3, -0.25) is 18.9 Å². The number of methoxy groups -OCH3 is 1. The Hall–Kier alpha value is -2.27. The fourth-order valence-electron chi connectivity index (χ4n) is 3.29. The Balaban J connectivity index is 1.96. The Bertz CT molecular complexity index is 1080. The minimum atomic E-state index is -0.240. The molecule has 1 saturated heterocycles. The van der Waals surface area contributed by atoms with Gasteiger partial charge in [0.25, 0.3) is 11.5 Å². The van der Waals surface area contributed by atoms with E-state index in [-0.39, 0.29) is 11.5 Å². The Morgan fingerprint density at radius 2 is 2.09 bits per heavy atom. The van der Waals surface area contributed by atoms with E-state index in [1.165, 1.54) is 16.2 Å². The number of carbonyl (C=O) groups excluding carboxylic acids is 1. The van der Waals surface area contributed by atoms with Crippen LogP contribution in [-0.2, 0) is 14.3 Å². The van der Waals surface area contributed by atoms with Crippen LogP contribution in [0.15, 0.2) is 28.0 Å². The molecule has 1 amide bonds. The first-order valence-electron chi connectivity index (χ1n) is 10.6. The first-order chi connectivity index (χ1) is 15.5. The fraction of sp³-hybridized carbons (Fsp3) is 0.455. The van der Waals surface area contributed by atoms with Crippen LogP contribution < -0.4 is 10.9 Å². The molecule has 2 aromatic heterocycles. The largest absolute Gasteiger partial charge is 0.385 e. The molecule has 0 radical (unpaired) electrons. The van der Waals surface area contributed by atoms with Gasteiger partial charge in [0.1, 0.15) is 15.8 Å². The number of ether oxygens (including phenoxy) is 2. The van der Waals surface area contributed by atoms with Crippen molar-refractivity contribution in [1.29, 1.82) is 0 Å². The lowest BCUT2D eigenvalue weighted by atomic mass is 10.2. The predicted octanol–water partition coefficient (Wildman–Crippen LogP) is 3.08. The zero-order chi connectivity index (χ0) is 23.1. The molecule has 3 rings (SSSR count). The molecule has 3 heterocycles. The fourth-order valence-corrected chi connectivity index (χ4v) is 4.58. The number of thioether (sulfide) groups is 1. The maximum atomic E-state index is 13.3. The van der Waals surface area contributed by atoms with Crippen LogP contribution in [0.2, 0.25) is 0 Å². The third-order valence-corrected chi connectivity index (χ3v) is 6.30. The van der Waals surface area contributed by atoms with Gasteiger partial charge >= 0.3 is 0 Å². The van der Waals surface area contributed by atoms with Crippen LogP contribution >= 0.6 is 24.0 Å². The second-order valence-corrected chi connectivity index (χ2v) is 8.90. The van der Waals surface area contributed by atoms with E-state index < -0.39 is 0 Å². The monoisotopic (exact) mass is 476 g/mol. The summed E-state index contributed by atoms with van der Waals surface area (Å²) in [6.07, 6.45) is 4.74. The van der Waals surface area contributed by atoms with Crippen molar-refractivity contribution in [2.45, 2.75) is 26.7 Å². The lowest BCUT2D eigenvalue weighted by Gasteiger charge is -2.14. The highest BCUT2D eigenvalue weighted by atomic mass is 32.2. The highest BCUT2D eigenvalue weighted by Crippen LogP contribution is 2.33. The number of carbonyl (C=O) groups is 1. The van der Waals surface area contributed by atoms with Crippen LogP contribution in [0.3, 0.4) is 0 Å². The second-order valence-electron chi connectivity index (χ2n) is 7.22. The molecule has 1 N–H and O–H groups in total. The normalized spacial score (nSPS) is 15.3. The molecule has 0 aliphatic carbocycles. The van der Waals surface area contributed by atoms with E-state index in [2.05, 4.69) is 5.32 Å². The van der Waals surface area contributed by atoms with Gasteiger partial charge in [0, 0.05) is 46.2 Å². The third kappa shape index (κ3) is 5.55. The smallest absolute Gasteiger partial charge is 0.267 e. The van der Waals surface area contributed by atoms with Gasteiger partial charge in [0.15, 0.2) is 0 Å². The quantitative estimate of drug-likeness (QED) is 0.301. The minimum absolute atomic E-state index is 0.202. The van der Waals surface area contributed by atoms with Gasteiger partial charge in [-0.05, 0) is 44.4 Å². The number of rotatable bonds is 11. The van der Waals surface area contributed by atoms with Crippen LogP contribution in [0.25, 0.3) is 11.7 Å². The molecule has 0 bridgehead atoms. The molecule has 1 aliphatic rings. The molecule has 1 fully saturated rings. The Morgan fingerprint density at radius 1 is 1.28 bits per heavy atom. The summed E-state index contributed by atoms with van der Waals surface area (Å²) in [5, 5.41) is 3.25. The van der Waals surface area contributed by atoms with E-state index in [1.54, 1.807) is 30.3 Å². The highest BCUT2D eigenvalue weighted by molar-refractivity contribution is 8.26. The number of fused-ring (bicyclic) bond motifs is 1. The van der Waals surface area contributed by atoms with Gasteiger partial charge in [-0.1, -0.05) is 30.0 Å². The minimum Gasteiger partial charge on any atom is -0.385 e.